The smallest absolute Gasteiger partial charge is 0.272 e. The maximum atomic E-state index is 13.2. The van der Waals surface area contributed by atoms with E-state index < -0.39 is 16.9 Å². The van der Waals surface area contributed by atoms with Crippen molar-refractivity contribution in [3.8, 4) is 5.69 Å². The van der Waals surface area contributed by atoms with Gasteiger partial charge in [0, 0.05) is 29.9 Å². The van der Waals surface area contributed by atoms with Gasteiger partial charge in [0.15, 0.2) is 5.69 Å². The zero-order valence-electron chi connectivity index (χ0n) is 15.9. The molecular formula is C21H19FN4O4. The number of aromatic nitrogens is 2. The average Bonchev–Trinajstić information content (AvgIpc) is 3.35. The molecule has 2 N–H and O–H groups in total. The highest BCUT2D eigenvalue weighted by Crippen LogP contribution is 2.28. The Balaban J connectivity index is 1.49. The van der Waals surface area contributed by atoms with Crippen LogP contribution in [-0.4, -0.2) is 32.3 Å². The number of non-ortho nitro benzene ring substituents is 1. The van der Waals surface area contributed by atoms with Crippen LogP contribution < -0.4 is 5.32 Å². The summed E-state index contributed by atoms with van der Waals surface area (Å²) in [6.07, 6.45) is 1.39. The van der Waals surface area contributed by atoms with Crippen LogP contribution >= 0.6 is 0 Å². The van der Waals surface area contributed by atoms with E-state index in [9.17, 15) is 24.4 Å². The van der Waals surface area contributed by atoms with Crippen molar-refractivity contribution in [3.05, 3.63) is 87.0 Å². The quantitative estimate of drug-likeness (QED) is 0.480. The number of nitrogens with one attached hydrogen (secondary N) is 1. The van der Waals surface area contributed by atoms with Gasteiger partial charge in [0.2, 0.25) is 0 Å². The first-order valence-electron chi connectivity index (χ1n) is 9.51. The van der Waals surface area contributed by atoms with Crippen molar-refractivity contribution in [2.45, 2.75) is 25.4 Å². The Morgan fingerprint density at radius 2 is 1.90 bits per heavy atom. The zero-order chi connectivity index (χ0) is 21.3. The van der Waals surface area contributed by atoms with Crippen LogP contribution in [0.3, 0.4) is 0 Å². The highest BCUT2D eigenvalue weighted by Gasteiger charge is 2.27. The van der Waals surface area contributed by atoms with Gasteiger partial charge in [-0.15, -0.1) is 0 Å². The third kappa shape index (κ3) is 3.79. The number of nitro groups is 1. The zero-order valence-corrected chi connectivity index (χ0v) is 15.9. The van der Waals surface area contributed by atoms with E-state index in [2.05, 4.69) is 10.4 Å². The van der Waals surface area contributed by atoms with Crippen LogP contribution in [0.2, 0.25) is 0 Å². The molecule has 0 aliphatic heterocycles. The molecule has 154 valence electrons. The van der Waals surface area contributed by atoms with Gasteiger partial charge >= 0.3 is 0 Å². The van der Waals surface area contributed by atoms with Gasteiger partial charge in [-0.05, 0) is 61.2 Å². The number of halogens is 1. The van der Waals surface area contributed by atoms with E-state index in [1.807, 2.05) is 0 Å². The van der Waals surface area contributed by atoms with Crippen LogP contribution in [0.4, 0.5) is 10.1 Å². The second-order valence-electron chi connectivity index (χ2n) is 7.09. The SMILES string of the molecule is O=C(NC[C@@H](O)c1ccc([N+](=O)[O-])cc1)c1nn(-c2ccc(F)cc2)c2c1CCC2. The van der Waals surface area contributed by atoms with Gasteiger partial charge in [0.1, 0.15) is 5.82 Å². The number of hydrogen-bond donors (Lipinski definition) is 2. The first-order valence-corrected chi connectivity index (χ1v) is 9.51. The number of aliphatic hydroxyl groups is 1. The van der Waals surface area contributed by atoms with E-state index >= 15 is 0 Å². The molecule has 1 amide bonds. The standard InChI is InChI=1S/C21H19FN4O4/c22-14-6-10-15(11-7-14)25-18-3-1-2-17(18)20(24-25)21(28)23-12-19(27)13-4-8-16(9-5-13)26(29)30/h4-11,19,27H,1-3,12H2,(H,23,28)/t19-/m1/s1. The molecule has 1 heterocycles. The van der Waals surface area contributed by atoms with Crippen molar-refractivity contribution in [2.24, 2.45) is 0 Å². The fourth-order valence-corrected chi connectivity index (χ4v) is 3.62. The number of aliphatic hydroxyl groups excluding tert-OH is 1. The lowest BCUT2D eigenvalue weighted by Gasteiger charge is -2.12. The molecule has 8 nitrogen and oxygen atoms in total. The predicted molar refractivity (Wildman–Crippen MR) is 106 cm³/mol. The lowest BCUT2D eigenvalue weighted by atomic mass is 10.1. The number of fused-ring (bicyclic) bond motifs is 1. The number of carbonyl (C=O) groups is 1. The molecule has 2 aromatic carbocycles. The van der Waals surface area contributed by atoms with Crippen LogP contribution in [-0.2, 0) is 12.8 Å². The predicted octanol–water partition coefficient (Wildman–Crippen LogP) is 2.87. The number of carbonyl (C=O) groups excluding carboxylic acids is 1. The van der Waals surface area contributed by atoms with Crippen molar-refractivity contribution in [3.63, 3.8) is 0 Å². The highest BCUT2D eigenvalue weighted by atomic mass is 19.1. The van der Waals surface area contributed by atoms with E-state index in [1.54, 1.807) is 16.8 Å². The first-order chi connectivity index (χ1) is 14.4. The van der Waals surface area contributed by atoms with Gasteiger partial charge in [-0.3, -0.25) is 14.9 Å². The molecule has 30 heavy (non-hydrogen) atoms. The monoisotopic (exact) mass is 410 g/mol. The molecule has 3 aromatic rings. The summed E-state index contributed by atoms with van der Waals surface area (Å²) in [5.74, 6) is -0.754. The van der Waals surface area contributed by atoms with Gasteiger partial charge < -0.3 is 10.4 Å². The summed E-state index contributed by atoms with van der Waals surface area (Å²) >= 11 is 0. The maximum absolute atomic E-state index is 13.2. The highest BCUT2D eigenvalue weighted by molar-refractivity contribution is 5.94. The number of benzene rings is 2. The fraction of sp³-hybridized carbons (Fsp3) is 0.238. The summed E-state index contributed by atoms with van der Waals surface area (Å²) in [4.78, 5) is 22.9. The molecule has 1 aliphatic rings. The lowest BCUT2D eigenvalue weighted by Crippen LogP contribution is -2.29. The molecule has 1 atom stereocenters. The summed E-state index contributed by atoms with van der Waals surface area (Å²) in [6, 6.07) is 11.4. The second-order valence-corrected chi connectivity index (χ2v) is 7.09. The third-order valence-electron chi connectivity index (χ3n) is 5.16. The first kappa shape index (κ1) is 19.7. The Morgan fingerprint density at radius 3 is 2.57 bits per heavy atom. The van der Waals surface area contributed by atoms with Gasteiger partial charge in [-0.25, -0.2) is 9.07 Å². The largest absolute Gasteiger partial charge is 0.387 e. The van der Waals surface area contributed by atoms with Crippen molar-refractivity contribution >= 4 is 11.6 Å². The fourth-order valence-electron chi connectivity index (χ4n) is 3.62. The molecule has 1 aromatic heterocycles. The van der Waals surface area contributed by atoms with Crippen molar-refractivity contribution in [1.29, 1.82) is 0 Å². The van der Waals surface area contributed by atoms with E-state index in [1.165, 1.54) is 36.4 Å². The third-order valence-corrected chi connectivity index (χ3v) is 5.16. The van der Waals surface area contributed by atoms with E-state index in [0.29, 0.717) is 16.9 Å². The topological polar surface area (TPSA) is 110 Å². The molecule has 0 unspecified atom stereocenters. The van der Waals surface area contributed by atoms with Crippen LogP contribution in [0.15, 0.2) is 48.5 Å². The summed E-state index contributed by atoms with van der Waals surface area (Å²) in [5.41, 5.74) is 3.16. The Hall–Kier alpha value is -3.59. The molecular weight excluding hydrogens is 391 g/mol. The lowest BCUT2D eigenvalue weighted by molar-refractivity contribution is -0.384. The van der Waals surface area contributed by atoms with Crippen LogP contribution in [0.1, 0.15) is 39.8 Å². The van der Waals surface area contributed by atoms with Crippen molar-refractivity contribution in [2.75, 3.05) is 6.54 Å². The molecule has 0 fully saturated rings. The summed E-state index contributed by atoms with van der Waals surface area (Å²) < 4.78 is 14.9. The van der Waals surface area contributed by atoms with E-state index in [4.69, 9.17) is 0 Å². The summed E-state index contributed by atoms with van der Waals surface area (Å²) in [5, 5.41) is 28.1. The normalized spacial score (nSPS) is 13.7. The second kappa shape index (κ2) is 8.03. The average molecular weight is 410 g/mol. The summed E-state index contributed by atoms with van der Waals surface area (Å²) in [7, 11) is 0. The number of rotatable bonds is 6. The molecule has 0 radical (unpaired) electrons. The molecule has 1 aliphatic carbocycles. The van der Waals surface area contributed by atoms with Crippen molar-refractivity contribution < 1.29 is 19.2 Å². The van der Waals surface area contributed by atoms with Crippen LogP contribution in [0.25, 0.3) is 5.69 Å². The Morgan fingerprint density at radius 1 is 1.20 bits per heavy atom. The molecule has 4 rings (SSSR count). The van der Waals surface area contributed by atoms with Crippen molar-refractivity contribution in [1.82, 2.24) is 15.1 Å². The molecule has 0 spiro atoms. The number of amides is 1. The minimum atomic E-state index is -1.01. The minimum Gasteiger partial charge on any atom is -0.387 e. The summed E-state index contributed by atoms with van der Waals surface area (Å²) in [6.45, 7) is -0.0607. The van der Waals surface area contributed by atoms with Gasteiger partial charge in [-0.2, -0.15) is 5.10 Å². The Kier molecular flexibility index (Phi) is 5.28. The number of nitrogens with zero attached hydrogens (tertiary/aromatic N) is 3. The van der Waals surface area contributed by atoms with E-state index in [0.717, 1.165) is 30.5 Å². The molecule has 0 saturated carbocycles. The molecule has 0 bridgehead atoms. The molecule has 0 saturated heterocycles. The van der Waals surface area contributed by atoms with Crippen LogP contribution in [0.5, 0.6) is 0 Å². The molecule has 9 heteroatoms. The minimum absolute atomic E-state index is 0.0607. The van der Waals surface area contributed by atoms with Gasteiger partial charge in [0.05, 0.1) is 16.7 Å². The van der Waals surface area contributed by atoms with Crippen LogP contribution in [0, 0.1) is 15.9 Å². The maximum Gasteiger partial charge on any atom is 0.272 e. The van der Waals surface area contributed by atoms with Gasteiger partial charge in [-0.1, -0.05) is 0 Å². The Bertz CT molecular complexity index is 1090. The number of nitro benzene ring substituents is 1. The Labute approximate surface area is 171 Å². The van der Waals surface area contributed by atoms with Gasteiger partial charge in [0.25, 0.3) is 11.6 Å². The number of hydrogen-bond acceptors (Lipinski definition) is 5. The van der Waals surface area contributed by atoms with E-state index in [-0.39, 0.29) is 18.0 Å².